The van der Waals surface area contributed by atoms with Gasteiger partial charge in [-0.15, -0.1) is 0 Å². The first-order valence-electron chi connectivity index (χ1n) is 11.3. The van der Waals surface area contributed by atoms with Crippen LogP contribution in [0.25, 0.3) is 27.8 Å². The molecule has 0 bridgehead atoms. The van der Waals surface area contributed by atoms with Crippen molar-refractivity contribution in [1.82, 2.24) is 0 Å². The summed E-state index contributed by atoms with van der Waals surface area (Å²) in [5, 5.41) is 0. The maximum absolute atomic E-state index is 4.22. The standard InChI is InChI=1S/C33H34/c1-22(2)25(7)19-27-9-11-29(12-10-27)31-17-18-32(20-26(8)23(3)4)33(21-31)30-15-13-28(14-16-30)24(5)6/h9-18,21H,1,3,5,7-8,19-20H2,2,4,6H3. The van der Waals surface area contributed by atoms with E-state index in [-0.39, 0.29) is 0 Å². The zero-order valence-corrected chi connectivity index (χ0v) is 20.3. The molecule has 0 fully saturated rings. The Bertz CT molecular complexity index is 1230. The third-order valence-electron chi connectivity index (χ3n) is 6.11. The van der Waals surface area contributed by atoms with Gasteiger partial charge >= 0.3 is 0 Å². The summed E-state index contributed by atoms with van der Waals surface area (Å²) < 4.78 is 0. The van der Waals surface area contributed by atoms with Crippen molar-refractivity contribution < 1.29 is 0 Å². The quantitative estimate of drug-likeness (QED) is 0.297. The van der Waals surface area contributed by atoms with Gasteiger partial charge in [0.2, 0.25) is 0 Å². The number of hydrogen-bond acceptors (Lipinski definition) is 0. The highest BCUT2D eigenvalue weighted by Crippen LogP contribution is 2.32. The summed E-state index contributed by atoms with van der Waals surface area (Å²) in [5.41, 5.74) is 13.7. The van der Waals surface area contributed by atoms with E-state index in [0.717, 1.165) is 46.3 Å². The molecule has 0 unspecified atom stereocenters. The molecule has 0 aliphatic heterocycles. The molecular weight excluding hydrogens is 396 g/mol. The Morgan fingerprint density at radius 3 is 1.64 bits per heavy atom. The van der Waals surface area contributed by atoms with E-state index in [1.807, 2.05) is 20.8 Å². The minimum atomic E-state index is 0.787. The summed E-state index contributed by atoms with van der Waals surface area (Å²) in [5.74, 6) is 0. The first kappa shape index (κ1) is 24.0. The molecule has 0 heteroatoms. The third-order valence-corrected chi connectivity index (χ3v) is 6.11. The molecule has 0 amide bonds. The molecule has 0 aliphatic rings. The lowest BCUT2D eigenvalue weighted by Gasteiger charge is -2.15. The molecule has 3 rings (SSSR count). The Balaban J connectivity index is 2.00. The Labute approximate surface area is 200 Å². The van der Waals surface area contributed by atoms with Crippen molar-refractivity contribution in [3.05, 3.63) is 139 Å². The normalized spacial score (nSPS) is 10.5. The van der Waals surface area contributed by atoms with Crippen LogP contribution in [0.2, 0.25) is 0 Å². The highest BCUT2D eigenvalue weighted by atomic mass is 14.1. The van der Waals surface area contributed by atoms with Crippen molar-refractivity contribution in [2.24, 2.45) is 0 Å². The second-order valence-electron chi connectivity index (χ2n) is 9.05. The lowest BCUT2D eigenvalue weighted by atomic mass is 9.89. The van der Waals surface area contributed by atoms with Gasteiger partial charge in [0.15, 0.2) is 0 Å². The second kappa shape index (κ2) is 10.3. The summed E-state index contributed by atoms with van der Waals surface area (Å²) in [7, 11) is 0. The van der Waals surface area contributed by atoms with Crippen molar-refractivity contribution in [3.63, 3.8) is 0 Å². The van der Waals surface area contributed by atoms with Gasteiger partial charge in [-0.2, -0.15) is 0 Å². The zero-order chi connectivity index (χ0) is 24.1. The van der Waals surface area contributed by atoms with Crippen LogP contribution in [0.1, 0.15) is 37.5 Å². The topological polar surface area (TPSA) is 0 Å². The fraction of sp³-hybridized carbons (Fsp3) is 0.152. The molecule has 0 aliphatic carbocycles. The van der Waals surface area contributed by atoms with Gasteiger partial charge in [-0.3, -0.25) is 0 Å². The highest BCUT2D eigenvalue weighted by molar-refractivity contribution is 5.77. The molecule has 0 nitrogen and oxygen atoms in total. The SMILES string of the molecule is C=C(C)C(=C)Cc1ccc(-c2ccc(CC(=C)C(=C)C)c(-c3ccc(C(=C)C)cc3)c2)cc1. The minimum absolute atomic E-state index is 0.787. The van der Waals surface area contributed by atoms with Crippen LogP contribution in [0, 0.1) is 0 Å². The first-order valence-corrected chi connectivity index (χ1v) is 11.3. The number of benzene rings is 3. The van der Waals surface area contributed by atoms with E-state index in [1.165, 1.54) is 33.4 Å². The summed E-state index contributed by atoms with van der Waals surface area (Å²) in [6.45, 7) is 26.5. The Kier molecular flexibility index (Phi) is 7.51. The van der Waals surface area contributed by atoms with Crippen molar-refractivity contribution in [1.29, 1.82) is 0 Å². The van der Waals surface area contributed by atoms with Crippen molar-refractivity contribution in [3.8, 4) is 22.3 Å². The van der Waals surface area contributed by atoms with Gasteiger partial charge in [0.25, 0.3) is 0 Å². The van der Waals surface area contributed by atoms with E-state index in [4.69, 9.17) is 0 Å². The Morgan fingerprint density at radius 2 is 1.09 bits per heavy atom. The van der Waals surface area contributed by atoms with Crippen LogP contribution >= 0.6 is 0 Å². The molecule has 33 heavy (non-hydrogen) atoms. The maximum Gasteiger partial charge on any atom is -0.00231 e. The Hall–Kier alpha value is -3.64. The summed E-state index contributed by atoms with van der Waals surface area (Å²) in [6.07, 6.45) is 1.62. The average Bonchev–Trinajstić information content (AvgIpc) is 2.79. The van der Waals surface area contributed by atoms with Crippen molar-refractivity contribution in [2.45, 2.75) is 33.6 Å². The molecule has 0 spiro atoms. The fourth-order valence-corrected chi connectivity index (χ4v) is 3.71. The summed E-state index contributed by atoms with van der Waals surface area (Å²) >= 11 is 0. The molecular formula is C33H34. The van der Waals surface area contributed by atoms with Crippen LogP contribution in [-0.4, -0.2) is 0 Å². The molecule has 3 aromatic rings. The molecule has 0 saturated heterocycles. The average molecular weight is 431 g/mol. The van der Waals surface area contributed by atoms with Crippen LogP contribution in [0.15, 0.2) is 122 Å². The predicted molar refractivity (Wildman–Crippen MR) is 147 cm³/mol. The van der Waals surface area contributed by atoms with Crippen LogP contribution < -0.4 is 0 Å². The monoisotopic (exact) mass is 430 g/mol. The fourth-order valence-electron chi connectivity index (χ4n) is 3.71. The Morgan fingerprint density at radius 1 is 0.576 bits per heavy atom. The number of allylic oxidation sites excluding steroid dienone is 5. The van der Waals surface area contributed by atoms with Gasteiger partial charge in [0.1, 0.15) is 0 Å². The van der Waals surface area contributed by atoms with E-state index in [2.05, 4.69) is 99.6 Å². The van der Waals surface area contributed by atoms with Gasteiger partial charge in [-0.05, 0) is 89.8 Å². The lowest BCUT2D eigenvalue weighted by Crippen LogP contribution is -1.95. The number of rotatable bonds is 9. The molecule has 0 heterocycles. The molecule has 3 aromatic carbocycles. The van der Waals surface area contributed by atoms with Gasteiger partial charge < -0.3 is 0 Å². The van der Waals surface area contributed by atoms with Crippen LogP contribution in [0.5, 0.6) is 0 Å². The summed E-state index contributed by atoms with van der Waals surface area (Å²) in [4.78, 5) is 0. The van der Waals surface area contributed by atoms with E-state index in [0.29, 0.717) is 0 Å². The molecule has 166 valence electrons. The lowest BCUT2D eigenvalue weighted by molar-refractivity contribution is 1.16. The van der Waals surface area contributed by atoms with E-state index in [9.17, 15) is 0 Å². The molecule has 0 atom stereocenters. The van der Waals surface area contributed by atoms with Gasteiger partial charge in [-0.25, -0.2) is 0 Å². The minimum Gasteiger partial charge on any atom is -0.0958 e. The third kappa shape index (κ3) is 5.99. The second-order valence-corrected chi connectivity index (χ2v) is 9.05. The van der Waals surface area contributed by atoms with Gasteiger partial charge in [-0.1, -0.05) is 110 Å². The van der Waals surface area contributed by atoms with Crippen LogP contribution in [-0.2, 0) is 12.8 Å². The zero-order valence-electron chi connectivity index (χ0n) is 20.3. The van der Waals surface area contributed by atoms with E-state index in [1.54, 1.807) is 0 Å². The van der Waals surface area contributed by atoms with Crippen molar-refractivity contribution >= 4 is 5.57 Å². The molecule has 0 aromatic heterocycles. The van der Waals surface area contributed by atoms with Crippen LogP contribution in [0.4, 0.5) is 0 Å². The summed E-state index contributed by atoms with van der Waals surface area (Å²) in [6, 6.07) is 24.1. The van der Waals surface area contributed by atoms with E-state index >= 15 is 0 Å². The number of hydrogen-bond donors (Lipinski definition) is 0. The van der Waals surface area contributed by atoms with Crippen LogP contribution in [0.3, 0.4) is 0 Å². The highest BCUT2D eigenvalue weighted by Gasteiger charge is 2.11. The predicted octanol–water partition coefficient (Wildman–Crippen LogP) is 9.40. The van der Waals surface area contributed by atoms with Gasteiger partial charge in [0.05, 0.1) is 0 Å². The smallest absolute Gasteiger partial charge is 0.00231 e. The van der Waals surface area contributed by atoms with Gasteiger partial charge in [0, 0.05) is 0 Å². The molecule has 0 N–H and O–H groups in total. The van der Waals surface area contributed by atoms with E-state index < -0.39 is 0 Å². The maximum atomic E-state index is 4.22. The first-order chi connectivity index (χ1) is 15.7. The molecule has 0 radical (unpaired) electrons. The molecule has 0 saturated carbocycles. The largest absolute Gasteiger partial charge is 0.0958 e. The van der Waals surface area contributed by atoms with Crippen molar-refractivity contribution in [2.75, 3.05) is 0 Å².